The van der Waals surface area contributed by atoms with Gasteiger partial charge in [-0.05, 0) is 17.7 Å². The number of methoxy groups -OCH3 is 2. The van der Waals surface area contributed by atoms with E-state index in [0.717, 1.165) is 32.9 Å². The minimum absolute atomic E-state index is 0.0972. The van der Waals surface area contributed by atoms with Crippen molar-refractivity contribution in [2.45, 2.75) is 18.2 Å². The summed E-state index contributed by atoms with van der Waals surface area (Å²) in [5.41, 5.74) is 1.75. The fourth-order valence-corrected chi connectivity index (χ4v) is 4.17. The molecule has 0 aliphatic rings. The zero-order chi connectivity index (χ0) is 21.4. The summed E-state index contributed by atoms with van der Waals surface area (Å²) in [5.74, 6) is 1.54. The summed E-state index contributed by atoms with van der Waals surface area (Å²) in [6, 6.07) is 10.2. The first-order valence-electron chi connectivity index (χ1n) is 8.84. The maximum Gasteiger partial charge on any atom is 0.183 e. The van der Waals surface area contributed by atoms with Gasteiger partial charge in [-0.3, -0.25) is 0 Å². The van der Waals surface area contributed by atoms with Gasteiger partial charge in [0.1, 0.15) is 6.29 Å². The SMILES string of the molecule is CCS(=O)(=O)c1ccc(CC=O)cc1.CNc1nc2cc(OC)c(OC)cc2s1. The number of thiazole rings is 1. The highest BCUT2D eigenvalue weighted by Gasteiger charge is 2.10. The van der Waals surface area contributed by atoms with Crippen molar-refractivity contribution in [2.75, 3.05) is 32.3 Å². The molecule has 0 bridgehead atoms. The van der Waals surface area contributed by atoms with Gasteiger partial charge >= 0.3 is 0 Å². The lowest BCUT2D eigenvalue weighted by atomic mass is 10.2. The van der Waals surface area contributed by atoms with Crippen LogP contribution >= 0.6 is 11.3 Å². The molecule has 156 valence electrons. The third-order valence-corrected chi connectivity index (χ3v) is 6.88. The van der Waals surface area contributed by atoms with Gasteiger partial charge in [0.2, 0.25) is 0 Å². The Balaban J connectivity index is 0.000000208. The number of nitrogens with zero attached hydrogens (tertiary/aromatic N) is 1. The second kappa shape index (κ2) is 10.2. The molecule has 3 aromatic rings. The maximum absolute atomic E-state index is 11.4. The molecule has 1 N–H and O–H groups in total. The minimum atomic E-state index is -3.12. The number of aldehydes is 1. The number of carbonyl (C=O) groups is 1. The lowest BCUT2D eigenvalue weighted by molar-refractivity contribution is -0.107. The van der Waals surface area contributed by atoms with Gasteiger partial charge < -0.3 is 19.6 Å². The van der Waals surface area contributed by atoms with E-state index < -0.39 is 9.84 Å². The van der Waals surface area contributed by atoms with Crippen molar-refractivity contribution in [2.24, 2.45) is 0 Å². The highest BCUT2D eigenvalue weighted by molar-refractivity contribution is 7.91. The van der Waals surface area contributed by atoms with Crippen LogP contribution in [0.2, 0.25) is 0 Å². The van der Waals surface area contributed by atoms with Crippen molar-refractivity contribution in [3.63, 3.8) is 0 Å². The summed E-state index contributed by atoms with van der Waals surface area (Å²) in [6.45, 7) is 1.61. The normalized spacial score (nSPS) is 10.8. The largest absolute Gasteiger partial charge is 0.493 e. The van der Waals surface area contributed by atoms with Crippen molar-refractivity contribution in [3.05, 3.63) is 42.0 Å². The number of rotatable bonds is 7. The molecule has 29 heavy (non-hydrogen) atoms. The highest BCUT2D eigenvalue weighted by Crippen LogP contribution is 2.35. The number of sulfone groups is 1. The Morgan fingerprint density at radius 3 is 2.24 bits per heavy atom. The van der Waals surface area contributed by atoms with Gasteiger partial charge in [0.25, 0.3) is 0 Å². The van der Waals surface area contributed by atoms with E-state index in [1.54, 1.807) is 44.6 Å². The molecule has 0 aliphatic carbocycles. The van der Waals surface area contributed by atoms with E-state index in [4.69, 9.17) is 9.47 Å². The Bertz CT molecular complexity index is 1020. The van der Waals surface area contributed by atoms with Crippen molar-refractivity contribution in [1.29, 1.82) is 0 Å². The van der Waals surface area contributed by atoms with Crippen LogP contribution in [0.4, 0.5) is 5.13 Å². The number of hydrogen-bond acceptors (Lipinski definition) is 8. The number of aromatic nitrogens is 1. The first-order chi connectivity index (χ1) is 13.9. The first-order valence-corrected chi connectivity index (χ1v) is 11.3. The zero-order valence-electron chi connectivity index (χ0n) is 16.8. The van der Waals surface area contributed by atoms with Crippen LogP contribution in [0, 0.1) is 0 Å². The fourth-order valence-electron chi connectivity index (χ4n) is 2.46. The molecular weight excluding hydrogens is 412 g/mol. The van der Waals surface area contributed by atoms with Crippen LogP contribution in [0.3, 0.4) is 0 Å². The van der Waals surface area contributed by atoms with Crippen LogP contribution in [0.15, 0.2) is 41.3 Å². The summed E-state index contributed by atoms with van der Waals surface area (Å²) >= 11 is 1.59. The van der Waals surface area contributed by atoms with Gasteiger partial charge in [0, 0.05) is 25.6 Å². The molecule has 0 spiro atoms. The molecule has 3 rings (SSSR count). The summed E-state index contributed by atoms with van der Waals surface area (Å²) in [6.07, 6.45) is 1.12. The number of benzene rings is 2. The lowest BCUT2D eigenvalue weighted by Crippen LogP contribution is -2.03. The third-order valence-electron chi connectivity index (χ3n) is 4.09. The van der Waals surface area contributed by atoms with Crippen LogP contribution < -0.4 is 14.8 Å². The second-order valence-corrected chi connectivity index (χ2v) is 9.17. The zero-order valence-corrected chi connectivity index (χ0v) is 18.4. The standard InChI is InChI=1S/C10H12N2O2S.C10H12O3S/c1-11-10-12-6-4-7(13-2)8(14-3)5-9(6)15-10;1-2-14(12,13)10-5-3-9(4-6-10)7-8-11/h4-5H,1-3H3,(H,11,12);3-6,8H,2,7H2,1H3. The monoisotopic (exact) mass is 436 g/mol. The molecule has 0 aliphatic heterocycles. The molecule has 0 saturated heterocycles. The molecule has 0 atom stereocenters. The van der Waals surface area contributed by atoms with Crippen LogP contribution in [-0.4, -0.2) is 46.7 Å². The Morgan fingerprint density at radius 1 is 1.10 bits per heavy atom. The van der Waals surface area contributed by atoms with Crippen LogP contribution in [-0.2, 0) is 21.1 Å². The van der Waals surface area contributed by atoms with E-state index in [1.165, 1.54) is 12.1 Å². The number of fused-ring (bicyclic) bond motifs is 1. The number of ether oxygens (including phenoxy) is 2. The van der Waals surface area contributed by atoms with Crippen molar-refractivity contribution >= 4 is 42.8 Å². The molecule has 9 heteroatoms. The maximum atomic E-state index is 11.4. The number of carbonyl (C=O) groups excluding carboxylic acids is 1. The third kappa shape index (κ3) is 5.68. The highest BCUT2D eigenvalue weighted by atomic mass is 32.2. The summed E-state index contributed by atoms with van der Waals surface area (Å²) in [4.78, 5) is 14.9. The van der Waals surface area contributed by atoms with Gasteiger partial charge in [0.05, 0.1) is 35.1 Å². The molecule has 1 heterocycles. The van der Waals surface area contributed by atoms with Gasteiger partial charge in [-0.2, -0.15) is 0 Å². The number of hydrogen-bond donors (Lipinski definition) is 1. The summed E-state index contributed by atoms with van der Waals surface area (Å²) < 4.78 is 34.3. The first kappa shape index (κ1) is 22.6. The second-order valence-electron chi connectivity index (χ2n) is 5.86. The molecule has 7 nitrogen and oxygen atoms in total. The quantitative estimate of drug-likeness (QED) is 0.566. The van der Waals surface area contributed by atoms with Crippen molar-refractivity contribution in [1.82, 2.24) is 4.98 Å². The van der Waals surface area contributed by atoms with Gasteiger partial charge in [0.15, 0.2) is 26.5 Å². The summed E-state index contributed by atoms with van der Waals surface area (Å²) in [7, 11) is 1.98. The smallest absolute Gasteiger partial charge is 0.183 e. The van der Waals surface area contributed by atoms with Gasteiger partial charge in [-0.15, -0.1) is 0 Å². The number of nitrogens with one attached hydrogen (secondary N) is 1. The van der Waals surface area contributed by atoms with E-state index in [9.17, 15) is 13.2 Å². The van der Waals surface area contributed by atoms with Gasteiger partial charge in [-0.1, -0.05) is 30.4 Å². The van der Waals surface area contributed by atoms with E-state index >= 15 is 0 Å². The Morgan fingerprint density at radius 2 is 1.72 bits per heavy atom. The predicted octanol–water partition coefficient (Wildman–Crippen LogP) is 3.58. The molecule has 0 radical (unpaired) electrons. The molecular formula is C20H24N2O5S2. The van der Waals surface area contributed by atoms with Crippen molar-refractivity contribution in [3.8, 4) is 11.5 Å². The van der Waals surface area contributed by atoms with Crippen molar-refractivity contribution < 1.29 is 22.7 Å². The molecule has 0 fully saturated rings. The minimum Gasteiger partial charge on any atom is -0.493 e. The fraction of sp³-hybridized carbons (Fsp3) is 0.300. The van der Waals surface area contributed by atoms with E-state index in [-0.39, 0.29) is 5.75 Å². The molecule has 0 saturated carbocycles. The van der Waals surface area contributed by atoms with E-state index in [1.807, 2.05) is 19.2 Å². The number of anilines is 1. The Kier molecular flexibility index (Phi) is 7.98. The average Bonchev–Trinajstić information content (AvgIpc) is 3.16. The lowest BCUT2D eigenvalue weighted by Gasteiger charge is -2.05. The van der Waals surface area contributed by atoms with E-state index in [0.29, 0.717) is 17.1 Å². The molecule has 1 aromatic heterocycles. The molecule has 2 aromatic carbocycles. The predicted molar refractivity (Wildman–Crippen MR) is 116 cm³/mol. The van der Waals surface area contributed by atoms with Gasteiger partial charge in [-0.25, -0.2) is 13.4 Å². The van der Waals surface area contributed by atoms with E-state index in [2.05, 4.69) is 10.3 Å². The van der Waals surface area contributed by atoms with Crippen LogP contribution in [0.5, 0.6) is 11.5 Å². The topological polar surface area (TPSA) is 94.6 Å². The summed E-state index contributed by atoms with van der Waals surface area (Å²) in [5, 5.41) is 3.91. The molecule has 0 unspecified atom stereocenters. The van der Waals surface area contributed by atoms with Crippen LogP contribution in [0.1, 0.15) is 12.5 Å². The Labute approximate surface area is 174 Å². The molecule has 0 amide bonds. The Hall–Kier alpha value is -2.65. The average molecular weight is 437 g/mol. The van der Waals surface area contributed by atoms with Crippen LogP contribution in [0.25, 0.3) is 10.2 Å².